The largest absolute Gasteiger partial charge is 0.302 e. The van der Waals surface area contributed by atoms with Crippen molar-refractivity contribution in [3.05, 3.63) is 29.8 Å². The SMILES string of the molecule is CCc1ccc(S(=O)(=O)N(C)CCN2CCCC2)cc1. The van der Waals surface area contributed by atoms with E-state index in [-0.39, 0.29) is 0 Å². The molecule has 1 heterocycles. The van der Waals surface area contributed by atoms with Gasteiger partial charge >= 0.3 is 0 Å². The summed E-state index contributed by atoms with van der Waals surface area (Å²) in [5.41, 5.74) is 1.16. The maximum atomic E-state index is 12.4. The van der Waals surface area contributed by atoms with Gasteiger partial charge in [-0.2, -0.15) is 4.31 Å². The highest BCUT2D eigenvalue weighted by atomic mass is 32.2. The Hall–Kier alpha value is -0.910. The minimum Gasteiger partial charge on any atom is -0.302 e. The summed E-state index contributed by atoms with van der Waals surface area (Å²) in [5, 5.41) is 0. The minimum absolute atomic E-state index is 0.388. The highest BCUT2D eigenvalue weighted by molar-refractivity contribution is 7.89. The van der Waals surface area contributed by atoms with Gasteiger partial charge in [0.25, 0.3) is 0 Å². The lowest BCUT2D eigenvalue weighted by Gasteiger charge is -2.21. The minimum atomic E-state index is -3.35. The van der Waals surface area contributed by atoms with Gasteiger partial charge in [0.15, 0.2) is 0 Å². The van der Waals surface area contributed by atoms with Gasteiger partial charge in [0.05, 0.1) is 4.90 Å². The van der Waals surface area contributed by atoms with Crippen LogP contribution in [0.15, 0.2) is 29.2 Å². The standard InChI is InChI=1S/C15H24N2O2S/c1-3-14-6-8-15(9-7-14)20(18,19)16(2)12-13-17-10-4-5-11-17/h6-9H,3-5,10-13H2,1-2H3. The quantitative estimate of drug-likeness (QED) is 0.806. The van der Waals surface area contributed by atoms with E-state index >= 15 is 0 Å². The lowest BCUT2D eigenvalue weighted by molar-refractivity contribution is 0.310. The number of aryl methyl sites for hydroxylation is 1. The zero-order valence-corrected chi connectivity index (χ0v) is 13.2. The topological polar surface area (TPSA) is 40.6 Å². The van der Waals surface area contributed by atoms with Crippen molar-refractivity contribution < 1.29 is 8.42 Å². The molecule has 20 heavy (non-hydrogen) atoms. The molecule has 1 saturated heterocycles. The first-order valence-electron chi connectivity index (χ1n) is 7.31. The summed E-state index contributed by atoms with van der Waals surface area (Å²) in [6.07, 6.45) is 3.38. The van der Waals surface area contributed by atoms with Crippen LogP contribution in [-0.2, 0) is 16.4 Å². The fourth-order valence-electron chi connectivity index (χ4n) is 2.49. The number of likely N-dealkylation sites (N-methyl/N-ethyl adjacent to an activating group) is 1. The molecule has 0 aliphatic carbocycles. The van der Waals surface area contributed by atoms with Gasteiger partial charge in [0.1, 0.15) is 0 Å². The molecule has 1 fully saturated rings. The molecule has 0 bridgehead atoms. The van der Waals surface area contributed by atoms with Crippen LogP contribution in [0.25, 0.3) is 0 Å². The zero-order chi connectivity index (χ0) is 14.6. The van der Waals surface area contributed by atoms with Crippen molar-refractivity contribution in [3.63, 3.8) is 0 Å². The molecule has 4 nitrogen and oxygen atoms in total. The maximum Gasteiger partial charge on any atom is 0.242 e. The van der Waals surface area contributed by atoms with Crippen molar-refractivity contribution in [2.45, 2.75) is 31.1 Å². The van der Waals surface area contributed by atoms with Gasteiger partial charge in [0, 0.05) is 20.1 Å². The van der Waals surface area contributed by atoms with E-state index in [1.54, 1.807) is 19.2 Å². The zero-order valence-electron chi connectivity index (χ0n) is 12.4. The molecular weight excluding hydrogens is 272 g/mol. The summed E-state index contributed by atoms with van der Waals surface area (Å²) in [6, 6.07) is 7.20. The van der Waals surface area contributed by atoms with E-state index < -0.39 is 10.0 Å². The Balaban J connectivity index is 2.00. The first-order valence-corrected chi connectivity index (χ1v) is 8.75. The number of nitrogens with zero attached hydrogens (tertiary/aromatic N) is 2. The Kier molecular flexibility index (Phi) is 5.18. The summed E-state index contributed by atoms with van der Waals surface area (Å²) in [6.45, 7) is 5.63. The van der Waals surface area contributed by atoms with E-state index in [2.05, 4.69) is 11.8 Å². The van der Waals surface area contributed by atoms with E-state index in [0.29, 0.717) is 11.4 Å². The van der Waals surface area contributed by atoms with Crippen molar-refractivity contribution >= 4 is 10.0 Å². The molecule has 0 saturated carbocycles. The molecule has 5 heteroatoms. The van der Waals surface area contributed by atoms with Gasteiger partial charge in [0.2, 0.25) is 10.0 Å². The van der Waals surface area contributed by atoms with Crippen molar-refractivity contribution in [1.29, 1.82) is 0 Å². The van der Waals surface area contributed by atoms with Crippen LogP contribution in [0.2, 0.25) is 0 Å². The molecule has 112 valence electrons. The average Bonchev–Trinajstić information content (AvgIpc) is 2.98. The summed E-state index contributed by atoms with van der Waals surface area (Å²) in [4.78, 5) is 2.71. The van der Waals surface area contributed by atoms with Crippen LogP contribution in [0.4, 0.5) is 0 Å². The third-order valence-electron chi connectivity index (χ3n) is 3.97. The second-order valence-electron chi connectivity index (χ2n) is 5.37. The molecule has 1 aromatic carbocycles. The first-order chi connectivity index (χ1) is 9.54. The van der Waals surface area contributed by atoms with Gasteiger partial charge in [-0.25, -0.2) is 8.42 Å². The lowest BCUT2D eigenvalue weighted by atomic mass is 10.2. The average molecular weight is 296 g/mol. The van der Waals surface area contributed by atoms with Crippen LogP contribution in [0.1, 0.15) is 25.3 Å². The fraction of sp³-hybridized carbons (Fsp3) is 0.600. The monoisotopic (exact) mass is 296 g/mol. The van der Waals surface area contributed by atoms with Crippen molar-refractivity contribution in [1.82, 2.24) is 9.21 Å². The highest BCUT2D eigenvalue weighted by Crippen LogP contribution is 2.16. The Morgan fingerprint density at radius 3 is 2.30 bits per heavy atom. The van der Waals surface area contributed by atoms with Crippen LogP contribution in [0.3, 0.4) is 0 Å². The first kappa shape index (κ1) is 15.5. The van der Waals surface area contributed by atoms with Gasteiger partial charge in [-0.3, -0.25) is 0 Å². The summed E-state index contributed by atoms with van der Waals surface area (Å²) in [5.74, 6) is 0. The number of hydrogen-bond acceptors (Lipinski definition) is 3. The number of likely N-dealkylation sites (tertiary alicyclic amines) is 1. The molecule has 2 rings (SSSR count). The van der Waals surface area contributed by atoms with Crippen LogP contribution in [0, 0.1) is 0 Å². The molecule has 1 aliphatic rings. The van der Waals surface area contributed by atoms with Crippen LogP contribution in [0.5, 0.6) is 0 Å². The molecule has 0 N–H and O–H groups in total. The Morgan fingerprint density at radius 2 is 1.75 bits per heavy atom. The molecule has 0 atom stereocenters. The number of benzene rings is 1. The van der Waals surface area contributed by atoms with Crippen LogP contribution >= 0.6 is 0 Å². The molecular formula is C15H24N2O2S. The summed E-state index contributed by atoms with van der Waals surface area (Å²) in [7, 11) is -1.68. The van der Waals surface area contributed by atoms with Crippen LogP contribution < -0.4 is 0 Å². The maximum absolute atomic E-state index is 12.4. The Morgan fingerprint density at radius 1 is 1.15 bits per heavy atom. The van der Waals surface area contributed by atoms with E-state index in [1.165, 1.54) is 17.1 Å². The van der Waals surface area contributed by atoms with E-state index in [4.69, 9.17) is 0 Å². The fourth-order valence-corrected chi connectivity index (χ4v) is 3.65. The highest BCUT2D eigenvalue weighted by Gasteiger charge is 2.21. The Bertz CT molecular complexity index is 519. The lowest BCUT2D eigenvalue weighted by Crippen LogP contribution is -2.35. The number of rotatable bonds is 6. The molecule has 1 aromatic rings. The molecule has 0 unspecified atom stereocenters. The van der Waals surface area contributed by atoms with E-state index in [9.17, 15) is 8.42 Å². The molecule has 0 spiro atoms. The van der Waals surface area contributed by atoms with Crippen LogP contribution in [-0.4, -0.2) is 50.8 Å². The van der Waals surface area contributed by atoms with Crippen molar-refractivity contribution in [2.24, 2.45) is 0 Å². The van der Waals surface area contributed by atoms with E-state index in [0.717, 1.165) is 31.6 Å². The van der Waals surface area contributed by atoms with Crippen molar-refractivity contribution in [3.8, 4) is 0 Å². The van der Waals surface area contributed by atoms with Gasteiger partial charge < -0.3 is 4.90 Å². The normalized spacial score (nSPS) is 16.9. The molecule has 0 aromatic heterocycles. The summed E-state index contributed by atoms with van der Waals surface area (Å²) >= 11 is 0. The smallest absolute Gasteiger partial charge is 0.242 e. The third-order valence-corrected chi connectivity index (χ3v) is 5.84. The second kappa shape index (κ2) is 6.70. The predicted octanol–water partition coefficient (Wildman–Crippen LogP) is 1.97. The molecule has 0 radical (unpaired) electrons. The Labute approximate surface area is 122 Å². The second-order valence-corrected chi connectivity index (χ2v) is 7.42. The van der Waals surface area contributed by atoms with Crippen molar-refractivity contribution in [2.75, 3.05) is 33.2 Å². The third kappa shape index (κ3) is 3.59. The van der Waals surface area contributed by atoms with Gasteiger partial charge in [-0.1, -0.05) is 19.1 Å². The summed E-state index contributed by atoms with van der Waals surface area (Å²) < 4.78 is 26.4. The molecule has 0 amide bonds. The van der Waals surface area contributed by atoms with E-state index in [1.807, 2.05) is 12.1 Å². The number of sulfonamides is 1. The van der Waals surface area contributed by atoms with Gasteiger partial charge in [-0.15, -0.1) is 0 Å². The predicted molar refractivity (Wildman–Crippen MR) is 81.3 cm³/mol. The van der Waals surface area contributed by atoms with Gasteiger partial charge in [-0.05, 0) is 50.0 Å². The number of hydrogen-bond donors (Lipinski definition) is 0. The molecule has 1 aliphatic heterocycles.